The lowest BCUT2D eigenvalue weighted by atomic mass is 9.98. The Hall–Kier alpha value is -0.920. The van der Waals surface area contributed by atoms with Crippen molar-refractivity contribution >= 4 is 31.9 Å². The molecule has 0 radical (unpaired) electrons. The van der Waals surface area contributed by atoms with Crippen LogP contribution in [0, 0.1) is 18.8 Å². The maximum absolute atomic E-state index is 12.3. The Bertz CT molecular complexity index is 642. The molecule has 0 heterocycles. The van der Waals surface area contributed by atoms with E-state index in [0.29, 0.717) is 34.0 Å². The fraction of sp³-hybridized carbons (Fsp3) is 0.500. The van der Waals surface area contributed by atoms with Crippen molar-refractivity contribution in [2.24, 2.45) is 17.0 Å². The predicted octanol–water partition coefficient (Wildman–Crippen LogP) is 2.43. The van der Waals surface area contributed by atoms with E-state index in [2.05, 4.69) is 42.0 Å². The van der Waals surface area contributed by atoms with Crippen molar-refractivity contribution in [3.05, 3.63) is 27.7 Å². The number of halogens is 1. The molecule has 5 nitrogen and oxygen atoms in total. The molecule has 0 aromatic heterocycles. The number of nitrogens with one attached hydrogen (secondary N) is 1. The summed E-state index contributed by atoms with van der Waals surface area (Å²) in [4.78, 5) is 12.2. The van der Waals surface area contributed by atoms with Crippen molar-refractivity contribution in [1.82, 2.24) is 5.32 Å². The molecule has 1 rings (SSSR count). The number of hydrogen-bond acceptors (Lipinski definition) is 3. The van der Waals surface area contributed by atoms with E-state index in [1.807, 2.05) is 0 Å². The van der Waals surface area contributed by atoms with Gasteiger partial charge in [0.2, 0.25) is 10.0 Å². The maximum atomic E-state index is 12.3. The molecule has 1 atom stereocenters. The normalized spacial score (nSPS) is 13.3. The minimum absolute atomic E-state index is 0.0427. The third-order valence-electron chi connectivity index (χ3n) is 3.60. The first-order valence-electron chi connectivity index (χ1n) is 6.65. The van der Waals surface area contributed by atoms with Crippen LogP contribution >= 0.6 is 15.9 Å². The van der Waals surface area contributed by atoms with Gasteiger partial charge in [-0.1, -0.05) is 36.7 Å². The molecule has 3 N–H and O–H groups in total. The number of amides is 1. The molecular weight excluding hydrogens is 356 g/mol. The molecule has 0 aliphatic carbocycles. The molecule has 1 amide bonds. The number of carbonyl (C=O) groups excluding carboxylic acids is 1. The molecule has 118 valence electrons. The SMILES string of the molecule is Cc1c(C(=O)NCC(C)C(C)C)cc(Br)cc1S(N)(=O)=O. The largest absolute Gasteiger partial charge is 0.352 e. The van der Waals surface area contributed by atoms with Crippen molar-refractivity contribution < 1.29 is 13.2 Å². The van der Waals surface area contributed by atoms with E-state index >= 15 is 0 Å². The second-order valence-corrected chi connectivity index (χ2v) is 8.00. The molecule has 0 aliphatic rings. The number of nitrogens with two attached hydrogens (primary N) is 1. The van der Waals surface area contributed by atoms with Crippen LogP contribution in [0.3, 0.4) is 0 Å². The van der Waals surface area contributed by atoms with Crippen LogP contribution < -0.4 is 10.5 Å². The topological polar surface area (TPSA) is 89.3 Å². The summed E-state index contributed by atoms with van der Waals surface area (Å²) in [5.41, 5.74) is 0.666. The average Bonchev–Trinajstić information content (AvgIpc) is 2.36. The molecule has 0 fully saturated rings. The summed E-state index contributed by atoms with van der Waals surface area (Å²) in [5.74, 6) is 0.485. The van der Waals surface area contributed by atoms with Crippen molar-refractivity contribution in [2.45, 2.75) is 32.6 Å². The summed E-state index contributed by atoms with van der Waals surface area (Å²) in [6.07, 6.45) is 0. The third-order valence-corrected chi connectivity index (χ3v) is 5.09. The van der Waals surface area contributed by atoms with Gasteiger partial charge < -0.3 is 5.32 Å². The highest BCUT2D eigenvalue weighted by molar-refractivity contribution is 9.10. The van der Waals surface area contributed by atoms with Crippen LogP contribution in [-0.4, -0.2) is 20.9 Å². The van der Waals surface area contributed by atoms with Gasteiger partial charge in [-0.3, -0.25) is 4.79 Å². The standard InChI is InChI=1S/C14H21BrN2O3S/c1-8(2)9(3)7-17-14(18)12-5-11(15)6-13(10(12)4)21(16,19)20/h5-6,8-9H,7H2,1-4H3,(H,17,18)(H2,16,19,20). The van der Waals surface area contributed by atoms with Crippen LogP contribution in [0.25, 0.3) is 0 Å². The van der Waals surface area contributed by atoms with Crippen molar-refractivity contribution in [1.29, 1.82) is 0 Å². The van der Waals surface area contributed by atoms with E-state index in [0.717, 1.165) is 0 Å². The summed E-state index contributed by atoms with van der Waals surface area (Å²) in [5, 5.41) is 8.01. The molecule has 1 aromatic carbocycles. The molecule has 0 bridgehead atoms. The fourth-order valence-electron chi connectivity index (χ4n) is 1.77. The third kappa shape index (κ3) is 4.79. The molecule has 7 heteroatoms. The number of primary sulfonamides is 1. The van der Waals surface area contributed by atoms with Crippen molar-refractivity contribution in [3.63, 3.8) is 0 Å². The number of rotatable bonds is 5. The van der Waals surface area contributed by atoms with Crippen LogP contribution in [0.2, 0.25) is 0 Å². The first-order chi connectivity index (χ1) is 9.54. The highest BCUT2D eigenvalue weighted by atomic mass is 79.9. The zero-order valence-electron chi connectivity index (χ0n) is 12.6. The Balaban J connectivity index is 3.08. The van der Waals surface area contributed by atoms with E-state index in [1.54, 1.807) is 13.0 Å². The van der Waals surface area contributed by atoms with Crippen LogP contribution in [0.15, 0.2) is 21.5 Å². The lowest BCUT2D eigenvalue weighted by Gasteiger charge is -2.17. The molecular formula is C14H21BrN2O3S. The van der Waals surface area contributed by atoms with Crippen LogP contribution in [-0.2, 0) is 10.0 Å². The molecule has 0 spiro atoms. The smallest absolute Gasteiger partial charge is 0.251 e. The first kappa shape index (κ1) is 18.1. The van der Waals surface area contributed by atoms with E-state index < -0.39 is 10.0 Å². The number of hydrogen-bond donors (Lipinski definition) is 2. The number of benzene rings is 1. The van der Waals surface area contributed by atoms with Gasteiger partial charge in [-0.25, -0.2) is 13.6 Å². The Morgan fingerprint density at radius 3 is 2.38 bits per heavy atom. The Labute approximate surface area is 134 Å². The van der Waals surface area contributed by atoms with Gasteiger partial charge >= 0.3 is 0 Å². The van der Waals surface area contributed by atoms with Crippen LogP contribution in [0.5, 0.6) is 0 Å². The second-order valence-electron chi connectivity index (χ2n) is 5.55. The quantitative estimate of drug-likeness (QED) is 0.826. The minimum Gasteiger partial charge on any atom is -0.352 e. The Morgan fingerprint density at radius 2 is 1.90 bits per heavy atom. The van der Waals surface area contributed by atoms with Gasteiger partial charge in [0, 0.05) is 16.6 Å². The summed E-state index contributed by atoms with van der Waals surface area (Å²) in [6, 6.07) is 3.00. The minimum atomic E-state index is -3.87. The molecule has 1 unspecified atom stereocenters. The highest BCUT2D eigenvalue weighted by Crippen LogP contribution is 2.24. The summed E-state index contributed by atoms with van der Waals surface area (Å²) in [7, 11) is -3.87. The summed E-state index contributed by atoms with van der Waals surface area (Å²) < 4.78 is 23.6. The molecule has 1 aromatic rings. The number of carbonyl (C=O) groups is 1. The Kier molecular flexibility index (Phi) is 5.95. The number of sulfonamides is 1. The molecule has 21 heavy (non-hydrogen) atoms. The van der Waals surface area contributed by atoms with Crippen LogP contribution in [0.1, 0.15) is 36.7 Å². The van der Waals surface area contributed by atoms with Crippen molar-refractivity contribution in [3.8, 4) is 0 Å². The van der Waals surface area contributed by atoms with Gasteiger partial charge in [-0.05, 0) is 36.5 Å². The van der Waals surface area contributed by atoms with Gasteiger partial charge in [0.25, 0.3) is 5.91 Å². The summed E-state index contributed by atoms with van der Waals surface area (Å²) in [6.45, 7) is 8.33. The van der Waals surface area contributed by atoms with E-state index in [1.165, 1.54) is 6.07 Å². The van der Waals surface area contributed by atoms with Gasteiger partial charge in [0.1, 0.15) is 0 Å². The molecule has 0 saturated heterocycles. The zero-order chi connectivity index (χ0) is 16.4. The molecule has 0 aliphatic heterocycles. The second kappa shape index (κ2) is 6.89. The Morgan fingerprint density at radius 1 is 1.33 bits per heavy atom. The van der Waals surface area contributed by atoms with E-state index in [9.17, 15) is 13.2 Å². The van der Waals surface area contributed by atoms with Gasteiger partial charge in [-0.15, -0.1) is 0 Å². The monoisotopic (exact) mass is 376 g/mol. The lowest BCUT2D eigenvalue weighted by molar-refractivity contribution is 0.0944. The van der Waals surface area contributed by atoms with Gasteiger partial charge in [-0.2, -0.15) is 0 Å². The first-order valence-corrected chi connectivity index (χ1v) is 8.99. The lowest BCUT2D eigenvalue weighted by Crippen LogP contribution is -2.31. The van der Waals surface area contributed by atoms with Gasteiger partial charge in [0.15, 0.2) is 0 Å². The maximum Gasteiger partial charge on any atom is 0.251 e. The predicted molar refractivity (Wildman–Crippen MR) is 86.6 cm³/mol. The zero-order valence-corrected chi connectivity index (χ0v) is 15.0. The van der Waals surface area contributed by atoms with E-state index in [4.69, 9.17) is 5.14 Å². The van der Waals surface area contributed by atoms with E-state index in [-0.39, 0.29) is 10.8 Å². The highest BCUT2D eigenvalue weighted by Gasteiger charge is 2.20. The van der Waals surface area contributed by atoms with Gasteiger partial charge in [0.05, 0.1) is 4.90 Å². The molecule has 0 saturated carbocycles. The van der Waals surface area contributed by atoms with Crippen LogP contribution in [0.4, 0.5) is 0 Å². The fourth-order valence-corrected chi connectivity index (χ4v) is 3.21. The van der Waals surface area contributed by atoms with Crippen molar-refractivity contribution in [2.75, 3.05) is 6.54 Å². The summed E-state index contributed by atoms with van der Waals surface area (Å²) >= 11 is 3.21. The average molecular weight is 377 g/mol.